The molecule has 1 aromatic heterocycles. The molecular weight excluding hydrogens is 378 g/mol. The molecular formula is C21H17ClN3O3-. The normalized spacial score (nSPS) is 10.9. The molecule has 0 aliphatic carbocycles. The summed E-state index contributed by atoms with van der Waals surface area (Å²) in [6.45, 7) is 0.251. The van der Waals surface area contributed by atoms with E-state index in [2.05, 4.69) is 5.10 Å². The van der Waals surface area contributed by atoms with E-state index in [1.165, 1.54) is 4.90 Å². The molecule has 2 aromatic carbocycles. The van der Waals surface area contributed by atoms with Gasteiger partial charge in [0.25, 0.3) is 0 Å². The average molecular weight is 395 g/mol. The van der Waals surface area contributed by atoms with Crippen LogP contribution < -0.4 is 5.11 Å². The Balaban J connectivity index is 1.96. The molecule has 0 fully saturated rings. The van der Waals surface area contributed by atoms with Gasteiger partial charge in [0.05, 0.1) is 17.4 Å². The maximum absolute atomic E-state index is 12.1. The zero-order valence-corrected chi connectivity index (χ0v) is 15.8. The van der Waals surface area contributed by atoms with E-state index in [1.807, 2.05) is 48.7 Å². The second kappa shape index (κ2) is 8.54. The number of carboxylic acid groups (broad SMARTS) is 1. The van der Waals surface area contributed by atoms with Gasteiger partial charge in [0.1, 0.15) is 0 Å². The molecule has 0 aliphatic heterocycles. The van der Waals surface area contributed by atoms with Gasteiger partial charge in [-0.25, -0.2) is 4.68 Å². The lowest BCUT2D eigenvalue weighted by Gasteiger charge is -2.15. The van der Waals surface area contributed by atoms with Crippen LogP contribution in [0.2, 0.25) is 5.02 Å². The number of carboxylic acids is 1. The van der Waals surface area contributed by atoms with Crippen LogP contribution in [0.4, 0.5) is 0 Å². The van der Waals surface area contributed by atoms with Crippen molar-refractivity contribution in [1.29, 1.82) is 0 Å². The van der Waals surface area contributed by atoms with Gasteiger partial charge < -0.3 is 14.8 Å². The highest BCUT2D eigenvalue weighted by Crippen LogP contribution is 2.26. The fraction of sp³-hybridized carbons (Fsp3) is 0.0952. The molecule has 6 nitrogen and oxygen atoms in total. The van der Waals surface area contributed by atoms with E-state index in [9.17, 15) is 14.7 Å². The van der Waals surface area contributed by atoms with Gasteiger partial charge in [0, 0.05) is 42.0 Å². The molecule has 142 valence electrons. The molecule has 28 heavy (non-hydrogen) atoms. The summed E-state index contributed by atoms with van der Waals surface area (Å²) in [6.07, 6.45) is 3.54. The van der Waals surface area contributed by atoms with Gasteiger partial charge in [-0.3, -0.25) is 4.79 Å². The molecule has 3 aromatic rings. The Labute approximate surface area is 167 Å². The monoisotopic (exact) mass is 394 g/mol. The Morgan fingerprint density at radius 1 is 1.11 bits per heavy atom. The smallest absolute Gasteiger partial charge is 0.246 e. The van der Waals surface area contributed by atoms with Gasteiger partial charge >= 0.3 is 0 Å². The highest BCUT2D eigenvalue weighted by molar-refractivity contribution is 6.30. The fourth-order valence-electron chi connectivity index (χ4n) is 2.69. The van der Waals surface area contributed by atoms with Gasteiger partial charge in [0.15, 0.2) is 0 Å². The third-order valence-corrected chi connectivity index (χ3v) is 4.33. The summed E-state index contributed by atoms with van der Waals surface area (Å²) in [5, 5.41) is 15.8. The number of halogens is 1. The van der Waals surface area contributed by atoms with Crippen LogP contribution in [0.5, 0.6) is 0 Å². The largest absolute Gasteiger partial charge is 0.545 e. The summed E-state index contributed by atoms with van der Waals surface area (Å²) in [5.41, 5.74) is 3.27. The van der Waals surface area contributed by atoms with Crippen molar-refractivity contribution in [3.05, 3.63) is 83.5 Å². The second-order valence-electron chi connectivity index (χ2n) is 6.14. The summed E-state index contributed by atoms with van der Waals surface area (Å²) >= 11 is 5.99. The van der Waals surface area contributed by atoms with E-state index in [0.29, 0.717) is 16.8 Å². The molecule has 1 heterocycles. The number of nitrogens with zero attached hydrogens (tertiary/aromatic N) is 3. The topological polar surface area (TPSA) is 78.3 Å². The molecule has 7 heteroatoms. The van der Waals surface area contributed by atoms with Gasteiger partial charge in [-0.05, 0) is 30.3 Å². The Morgan fingerprint density at radius 2 is 1.79 bits per heavy atom. The SMILES string of the molecule is CN(Cc1cn(-c2ccccc2)nc1-c1ccc(Cl)cc1)C(=O)/C=C/C(=O)[O-]. The second-order valence-corrected chi connectivity index (χ2v) is 6.57. The van der Waals surface area contributed by atoms with Gasteiger partial charge in [-0.15, -0.1) is 0 Å². The van der Waals surface area contributed by atoms with Crippen LogP contribution in [0.3, 0.4) is 0 Å². The first-order valence-electron chi connectivity index (χ1n) is 8.48. The lowest BCUT2D eigenvalue weighted by molar-refractivity contribution is -0.297. The zero-order chi connectivity index (χ0) is 20.1. The van der Waals surface area contributed by atoms with E-state index < -0.39 is 11.9 Å². The number of hydrogen-bond donors (Lipinski definition) is 0. The van der Waals surface area contributed by atoms with Gasteiger partial charge in [-0.2, -0.15) is 5.10 Å². The van der Waals surface area contributed by atoms with E-state index in [0.717, 1.165) is 22.9 Å². The number of para-hydroxylation sites is 1. The average Bonchev–Trinajstić information content (AvgIpc) is 3.11. The number of amides is 1. The van der Waals surface area contributed by atoms with Crippen LogP contribution in [0, 0.1) is 0 Å². The number of aromatic nitrogens is 2. The van der Waals surface area contributed by atoms with Crippen molar-refractivity contribution in [2.45, 2.75) is 6.54 Å². The number of carbonyl (C=O) groups is 2. The predicted octanol–water partition coefficient (Wildman–Crippen LogP) is 2.46. The first-order chi connectivity index (χ1) is 13.4. The van der Waals surface area contributed by atoms with E-state index >= 15 is 0 Å². The lowest BCUT2D eigenvalue weighted by Crippen LogP contribution is -2.26. The van der Waals surface area contributed by atoms with E-state index in [1.54, 1.807) is 23.9 Å². The minimum Gasteiger partial charge on any atom is -0.545 e. The summed E-state index contributed by atoms with van der Waals surface area (Å²) < 4.78 is 1.74. The Morgan fingerprint density at radius 3 is 2.43 bits per heavy atom. The first kappa shape index (κ1) is 19.4. The molecule has 0 radical (unpaired) electrons. The molecule has 0 N–H and O–H groups in total. The van der Waals surface area contributed by atoms with Gasteiger partial charge in [-0.1, -0.05) is 41.9 Å². The van der Waals surface area contributed by atoms with Crippen molar-refractivity contribution in [1.82, 2.24) is 14.7 Å². The molecule has 3 rings (SSSR count). The number of carbonyl (C=O) groups excluding carboxylic acids is 2. The van der Waals surface area contributed by atoms with Crippen molar-refractivity contribution in [3.63, 3.8) is 0 Å². The minimum atomic E-state index is -1.42. The molecule has 0 spiro atoms. The van der Waals surface area contributed by atoms with Crippen molar-refractivity contribution in [2.24, 2.45) is 0 Å². The van der Waals surface area contributed by atoms with Gasteiger partial charge in [0.2, 0.25) is 5.91 Å². The molecule has 1 amide bonds. The Hall–Kier alpha value is -3.38. The summed E-state index contributed by atoms with van der Waals surface area (Å²) in [4.78, 5) is 24.1. The highest BCUT2D eigenvalue weighted by Gasteiger charge is 2.16. The van der Waals surface area contributed by atoms with Crippen LogP contribution in [0.1, 0.15) is 5.56 Å². The number of aliphatic carboxylic acids is 1. The Bertz CT molecular complexity index is 1010. The summed E-state index contributed by atoms with van der Waals surface area (Å²) in [5.74, 6) is -1.86. The number of benzene rings is 2. The van der Waals surface area contributed by atoms with Crippen LogP contribution in [-0.4, -0.2) is 33.6 Å². The number of rotatable bonds is 6. The minimum absolute atomic E-state index is 0.251. The molecule has 0 aliphatic rings. The summed E-state index contributed by atoms with van der Waals surface area (Å²) in [6, 6.07) is 16.9. The van der Waals surface area contributed by atoms with E-state index in [4.69, 9.17) is 11.6 Å². The van der Waals surface area contributed by atoms with Crippen molar-refractivity contribution < 1.29 is 14.7 Å². The van der Waals surface area contributed by atoms with Crippen LogP contribution in [-0.2, 0) is 16.1 Å². The van der Waals surface area contributed by atoms with Crippen LogP contribution in [0.25, 0.3) is 16.9 Å². The molecule has 0 bridgehead atoms. The third kappa shape index (κ3) is 4.66. The summed E-state index contributed by atoms with van der Waals surface area (Å²) in [7, 11) is 1.59. The third-order valence-electron chi connectivity index (χ3n) is 4.07. The number of hydrogen-bond acceptors (Lipinski definition) is 4. The Kier molecular flexibility index (Phi) is 5.91. The molecule has 0 saturated carbocycles. The lowest BCUT2D eigenvalue weighted by atomic mass is 10.1. The first-order valence-corrected chi connectivity index (χ1v) is 8.86. The van der Waals surface area contributed by atoms with Crippen LogP contribution in [0.15, 0.2) is 72.9 Å². The fourth-order valence-corrected chi connectivity index (χ4v) is 2.82. The predicted molar refractivity (Wildman–Crippen MR) is 105 cm³/mol. The zero-order valence-electron chi connectivity index (χ0n) is 15.1. The van der Waals surface area contributed by atoms with Crippen molar-refractivity contribution >= 4 is 23.5 Å². The maximum Gasteiger partial charge on any atom is 0.246 e. The molecule has 0 saturated heterocycles. The molecule has 0 atom stereocenters. The van der Waals surface area contributed by atoms with E-state index in [-0.39, 0.29) is 6.54 Å². The van der Waals surface area contributed by atoms with Crippen molar-refractivity contribution in [2.75, 3.05) is 7.05 Å². The van der Waals surface area contributed by atoms with Crippen LogP contribution >= 0.6 is 11.6 Å². The standard InChI is InChI=1S/C21H18ClN3O3/c1-24(19(26)11-12-20(27)28)13-16-14-25(18-5-3-2-4-6-18)23-21(16)15-7-9-17(22)10-8-15/h2-12,14H,13H2,1H3,(H,27,28)/p-1/b12-11+. The maximum atomic E-state index is 12.1. The van der Waals surface area contributed by atoms with Crippen molar-refractivity contribution in [3.8, 4) is 16.9 Å². The number of likely N-dealkylation sites (N-methyl/N-ethyl adjacent to an activating group) is 1. The molecule has 0 unspecified atom stereocenters. The highest BCUT2D eigenvalue weighted by atomic mass is 35.5. The quantitative estimate of drug-likeness (QED) is 0.601.